The van der Waals surface area contributed by atoms with Crippen molar-refractivity contribution in [1.29, 1.82) is 0 Å². The maximum Gasteiger partial charge on any atom is 0.239 e. The van der Waals surface area contributed by atoms with E-state index in [1.54, 1.807) is 23.4 Å². The molecule has 0 unspecified atom stereocenters. The van der Waals surface area contributed by atoms with Gasteiger partial charge in [0.15, 0.2) is 0 Å². The highest BCUT2D eigenvalue weighted by Gasteiger charge is 2.43. The number of sulfonamides is 1. The Balaban J connectivity index is 1.66. The van der Waals surface area contributed by atoms with Crippen LogP contribution in [0.15, 0.2) is 24.5 Å². The number of rotatable bonds is 5. The predicted octanol–water partition coefficient (Wildman–Crippen LogP) is -0.0297. The van der Waals surface area contributed by atoms with E-state index in [-0.39, 0.29) is 36.9 Å². The number of carbonyl (C=O) groups excluding carboxylic acids is 2. The van der Waals surface area contributed by atoms with E-state index in [1.165, 1.54) is 10.6 Å². The highest BCUT2D eigenvalue weighted by Crippen LogP contribution is 2.31. The van der Waals surface area contributed by atoms with E-state index < -0.39 is 10.0 Å². The van der Waals surface area contributed by atoms with Crippen molar-refractivity contribution in [2.24, 2.45) is 5.92 Å². The van der Waals surface area contributed by atoms with Crippen LogP contribution in [0.25, 0.3) is 0 Å². The summed E-state index contributed by atoms with van der Waals surface area (Å²) in [5, 5.41) is 2.80. The fourth-order valence-electron chi connectivity index (χ4n) is 3.69. The highest BCUT2D eigenvalue weighted by molar-refractivity contribution is 7.88. The van der Waals surface area contributed by atoms with E-state index in [2.05, 4.69) is 10.3 Å². The molecule has 1 aromatic heterocycles. The van der Waals surface area contributed by atoms with Crippen molar-refractivity contribution < 1.29 is 18.0 Å². The van der Waals surface area contributed by atoms with Crippen LogP contribution in [0.5, 0.6) is 0 Å². The summed E-state index contributed by atoms with van der Waals surface area (Å²) in [4.78, 5) is 30.4. The number of amides is 2. The monoisotopic (exact) mass is 380 g/mol. The van der Waals surface area contributed by atoms with E-state index in [4.69, 9.17) is 0 Å². The molecule has 3 heterocycles. The Labute approximate surface area is 153 Å². The van der Waals surface area contributed by atoms with E-state index in [9.17, 15) is 18.0 Å². The molecule has 1 N–H and O–H groups in total. The number of nitrogens with one attached hydrogen (secondary N) is 1. The summed E-state index contributed by atoms with van der Waals surface area (Å²) < 4.78 is 25.2. The largest absolute Gasteiger partial charge is 0.350 e. The van der Waals surface area contributed by atoms with E-state index in [1.807, 2.05) is 6.07 Å². The SMILES string of the molecule is CS(=O)(=O)N1C[C@H]2CCCC(=O)N(CC(=O)NCc3cccnc3)[C@H]2C1. The first-order chi connectivity index (χ1) is 12.3. The van der Waals surface area contributed by atoms with Crippen LogP contribution in [-0.2, 0) is 26.2 Å². The minimum Gasteiger partial charge on any atom is -0.350 e. The molecule has 0 spiro atoms. The van der Waals surface area contributed by atoms with Gasteiger partial charge in [0.05, 0.1) is 18.8 Å². The van der Waals surface area contributed by atoms with Gasteiger partial charge in [-0.05, 0) is 30.4 Å². The lowest BCUT2D eigenvalue weighted by molar-refractivity contribution is -0.138. The molecule has 2 amide bonds. The molecule has 26 heavy (non-hydrogen) atoms. The zero-order valence-electron chi connectivity index (χ0n) is 14.8. The average Bonchev–Trinajstić information content (AvgIpc) is 2.97. The standard InChI is InChI=1S/C17H24N4O4S/c1-26(24,25)20-10-14-5-2-6-17(23)21(15(14)11-20)12-16(22)19-9-13-4-3-7-18-8-13/h3-4,7-8,14-15H,2,5-6,9-12H2,1H3,(H,19,22)/t14-,15+/m1/s1. The molecule has 9 heteroatoms. The first kappa shape index (κ1) is 18.8. The zero-order valence-corrected chi connectivity index (χ0v) is 15.6. The smallest absolute Gasteiger partial charge is 0.239 e. The van der Waals surface area contributed by atoms with Gasteiger partial charge in [-0.25, -0.2) is 8.42 Å². The molecular formula is C17H24N4O4S. The Bertz CT molecular complexity index is 768. The molecule has 2 saturated heterocycles. The number of hydrogen-bond donors (Lipinski definition) is 1. The normalized spacial score (nSPS) is 24.2. The Hall–Kier alpha value is -2.00. The molecule has 2 aliphatic rings. The number of nitrogens with zero attached hydrogens (tertiary/aromatic N) is 3. The minimum absolute atomic E-state index is 0.0438. The van der Waals surface area contributed by atoms with E-state index in [0.29, 0.717) is 19.5 Å². The topological polar surface area (TPSA) is 99.7 Å². The van der Waals surface area contributed by atoms with Crippen molar-refractivity contribution in [2.45, 2.75) is 31.8 Å². The quantitative estimate of drug-likeness (QED) is 0.773. The van der Waals surface area contributed by atoms with Gasteiger partial charge in [0, 0.05) is 38.4 Å². The van der Waals surface area contributed by atoms with Crippen molar-refractivity contribution in [3.8, 4) is 0 Å². The van der Waals surface area contributed by atoms with Crippen LogP contribution < -0.4 is 5.32 Å². The van der Waals surface area contributed by atoms with Gasteiger partial charge in [0.1, 0.15) is 0 Å². The summed E-state index contributed by atoms with van der Waals surface area (Å²) in [7, 11) is -3.30. The molecule has 0 aromatic carbocycles. The number of carbonyl (C=O) groups is 2. The second kappa shape index (κ2) is 7.71. The van der Waals surface area contributed by atoms with Gasteiger partial charge in [-0.15, -0.1) is 0 Å². The molecule has 2 aliphatic heterocycles. The molecular weight excluding hydrogens is 356 g/mol. The third-order valence-electron chi connectivity index (χ3n) is 5.05. The summed E-state index contributed by atoms with van der Waals surface area (Å²) in [6.45, 7) is 0.992. The van der Waals surface area contributed by atoms with Crippen molar-refractivity contribution in [2.75, 3.05) is 25.9 Å². The fourth-order valence-corrected chi connectivity index (χ4v) is 4.57. The van der Waals surface area contributed by atoms with E-state index in [0.717, 1.165) is 18.4 Å². The Morgan fingerprint density at radius 3 is 2.88 bits per heavy atom. The number of aromatic nitrogens is 1. The van der Waals surface area contributed by atoms with Crippen LogP contribution in [0, 0.1) is 5.92 Å². The first-order valence-electron chi connectivity index (χ1n) is 8.75. The second-order valence-electron chi connectivity index (χ2n) is 6.96. The lowest BCUT2D eigenvalue weighted by Gasteiger charge is -2.29. The molecule has 0 radical (unpaired) electrons. The van der Waals surface area contributed by atoms with Crippen LogP contribution >= 0.6 is 0 Å². The van der Waals surface area contributed by atoms with Crippen LogP contribution in [0.1, 0.15) is 24.8 Å². The predicted molar refractivity (Wildman–Crippen MR) is 95.3 cm³/mol. The summed E-state index contributed by atoms with van der Waals surface area (Å²) in [5.74, 6) is -0.243. The van der Waals surface area contributed by atoms with E-state index >= 15 is 0 Å². The van der Waals surface area contributed by atoms with Crippen molar-refractivity contribution in [3.63, 3.8) is 0 Å². The van der Waals surface area contributed by atoms with Gasteiger partial charge >= 0.3 is 0 Å². The summed E-state index contributed by atoms with van der Waals surface area (Å²) in [6.07, 6.45) is 6.46. The van der Waals surface area contributed by atoms with Crippen LogP contribution in [0.3, 0.4) is 0 Å². The van der Waals surface area contributed by atoms with Crippen molar-refractivity contribution >= 4 is 21.8 Å². The van der Waals surface area contributed by atoms with Crippen molar-refractivity contribution in [3.05, 3.63) is 30.1 Å². The van der Waals surface area contributed by atoms with Gasteiger partial charge < -0.3 is 10.2 Å². The molecule has 2 fully saturated rings. The zero-order chi connectivity index (χ0) is 18.7. The van der Waals surface area contributed by atoms with Gasteiger partial charge in [0.25, 0.3) is 0 Å². The van der Waals surface area contributed by atoms with Gasteiger partial charge in [-0.2, -0.15) is 4.31 Å². The molecule has 0 aliphatic carbocycles. The molecule has 1 aromatic rings. The minimum atomic E-state index is -3.30. The Kier molecular flexibility index (Phi) is 5.57. The van der Waals surface area contributed by atoms with Crippen LogP contribution in [0.2, 0.25) is 0 Å². The van der Waals surface area contributed by atoms with Crippen molar-refractivity contribution in [1.82, 2.24) is 19.5 Å². The van der Waals surface area contributed by atoms with Gasteiger partial charge in [0.2, 0.25) is 21.8 Å². The summed E-state index contributed by atoms with van der Waals surface area (Å²) in [5.41, 5.74) is 0.880. The molecule has 3 rings (SSSR count). The molecule has 2 atom stereocenters. The number of pyridine rings is 1. The summed E-state index contributed by atoms with van der Waals surface area (Å²) >= 11 is 0. The fraction of sp³-hybridized carbons (Fsp3) is 0.588. The maximum absolute atomic E-state index is 12.5. The summed E-state index contributed by atoms with van der Waals surface area (Å²) in [6, 6.07) is 3.42. The molecule has 0 saturated carbocycles. The third kappa shape index (κ3) is 4.39. The molecule has 142 valence electrons. The highest BCUT2D eigenvalue weighted by atomic mass is 32.2. The Morgan fingerprint density at radius 2 is 2.19 bits per heavy atom. The number of hydrogen-bond acceptors (Lipinski definition) is 5. The average molecular weight is 380 g/mol. The number of fused-ring (bicyclic) bond motifs is 1. The van der Waals surface area contributed by atoms with Gasteiger partial charge in [-0.1, -0.05) is 6.07 Å². The Morgan fingerprint density at radius 1 is 1.38 bits per heavy atom. The van der Waals surface area contributed by atoms with Crippen LogP contribution in [0.4, 0.5) is 0 Å². The molecule has 0 bridgehead atoms. The second-order valence-corrected chi connectivity index (χ2v) is 8.94. The lowest BCUT2D eigenvalue weighted by atomic mass is 9.98. The van der Waals surface area contributed by atoms with Gasteiger partial charge in [-0.3, -0.25) is 14.6 Å². The third-order valence-corrected chi connectivity index (χ3v) is 6.29. The lowest BCUT2D eigenvalue weighted by Crippen LogP contribution is -2.48. The number of likely N-dealkylation sites (tertiary alicyclic amines) is 1. The van der Waals surface area contributed by atoms with Crippen LogP contribution in [-0.4, -0.2) is 66.4 Å². The first-order valence-corrected chi connectivity index (χ1v) is 10.6. The molecule has 8 nitrogen and oxygen atoms in total. The maximum atomic E-state index is 12.5.